The Labute approximate surface area is 102 Å². The van der Waals surface area contributed by atoms with Gasteiger partial charge in [0.25, 0.3) is 0 Å². The second kappa shape index (κ2) is 5.34. The number of hydrazone groups is 2. The molecular formula is C12H19N5. The Morgan fingerprint density at radius 3 is 2.29 bits per heavy atom. The molecule has 0 amide bonds. The molecule has 0 aliphatic rings. The zero-order chi connectivity index (χ0) is 12.9. The number of nitrogens with one attached hydrogen (secondary N) is 1. The van der Waals surface area contributed by atoms with E-state index in [1.807, 2.05) is 12.1 Å². The first kappa shape index (κ1) is 13.0. The maximum absolute atomic E-state index is 5.32. The third-order valence-corrected chi connectivity index (χ3v) is 2.31. The molecule has 0 bridgehead atoms. The van der Waals surface area contributed by atoms with Crippen molar-refractivity contribution in [3.05, 3.63) is 35.4 Å². The first-order valence-corrected chi connectivity index (χ1v) is 5.36. The molecule has 0 heterocycles. The Balaban J connectivity index is 2.69. The van der Waals surface area contributed by atoms with Crippen LogP contribution >= 0.6 is 0 Å². The molecule has 0 saturated heterocycles. The van der Waals surface area contributed by atoms with Gasteiger partial charge in [0, 0.05) is 0 Å². The molecule has 0 unspecified atom stereocenters. The predicted molar refractivity (Wildman–Crippen MR) is 71.7 cm³/mol. The fourth-order valence-electron chi connectivity index (χ4n) is 1.27. The summed E-state index contributed by atoms with van der Waals surface area (Å²) < 4.78 is 0. The molecule has 1 aromatic rings. The summed E-state index contributed by atoms with van der Waals surface area (Å²) in [4.78, 5) is 0. The van der Waals surface area contributed by atoms with E-state index in [-0.39, 0.29) is 11.4 Å². The first-order chi connectivity index (χ1) is 7.93. The van der Waals surface area contributed by atoms with E-state index in [4.69, 9.17) is 11.6 Å². The van der Waals surface area contributed by atoms with E-state index in [0.717, 1.165) is 5.56 Å². The van der Waals surface area contributed by atoms with Crippen molar-refractivity contribution in [1.29, 1.82) is 0 Å². The lowest BCUT2D eigenvalue weighted by Gasteiger charge is -2.18. The van der Waals surface area contributed by atoms with E-state index in [9.17, 15) is 0 Å². The van der Waals surface area contributed by atoms with Gasteiger partial charge in [0.1, 0.15) is 0 Å². The Hall–Kier alpha value is -2.04. The maximum atomic E-state index is 5.32. The van der Waals surface area contributed by atoms with Crippen molar-refractivity contribution in [1.82, 2.24) is 5.43 Å². The summed E-state index contributed by atoms with van der Waals surface area (Å²) in [7, 11) is 0. The fourth-order valence-corrected chi connectivity index (χ4v) is 1.27. The molecule has 1 aromatic carbocycles. The topological polar surface area (TPSA) is 88.8 Å². The van der Waals surface area contributed by atoms with Gasteiger partial charge in [0.15, 0.2) is 0 Å². The van der Waals surface area contributed by atoms with Crippen LogP contribution in [0.15, 0.2) is 34.5 Å². The van der Waals surface area contributed by atoms with Gasteiger partial charge in [-0.2, -0.15) is 5.10 Å². The highest BCUT2D eigenvalue weighted by Crippen LogP contribution is 2.21. The SMILES string of the molecule is CC(C)(C)c1ccc(/C=N/NC(N)=NN)cc1. The van der Waals surface area contributed by atoms with E-state index in [1.165, 1.54) is 5.56 Å². The highest BCUT2D eigenvalue weighted by atomic mass is 15.4. The average molecular weight is 233 g/mol. The van der Waals surface area contributed by atoms with E-state index in [2.05, 4.69) is 48.5 Å². The minimum Gasteiger partial charge on any atom is -0.367 e. The average Bonchev–Trinajstić information content (AvgIpc) is 2.28. The summed E-state index contributed by atoms with van der Waals surface area (Å²) in [5.74, 6) is 5.02. The molecule has 0 aromatic heterocycles. The minimum atomic E-state index is 0.0764. The summed E-state index contributed by atoms with van der Waals surface area (Å²) in [6.45, 7) is 6.53. The van der Waals surface area contributed by atoms with Crippen LogP contribution in [0.3, 0.4) is 0 Å². The maximum Gasteiger partial charge on any atom is 0.231 e. The largest absolute Gasteiger partial charge is 0.367 e. The van der Waals surface area contributed by atoms with Crippen molar-refractivity contribution < 1.29 is 0 Å². The van der Waals surface area contributed by atoms with Gasteiger partial charge < -0.3 is 11.6 Å². The predicted octanol–water partition coefficient (Wildman–Crippen LogP) is 1.10. The number of nitrogens with zero attached hydrogens (tertiary/aromatic N) is 2. The summed E-state index contributed by atoms with van der Waals surface area (Å²) >= 11 is 0. The molecule has 5 nitrogen and oxygen atoms in total. The molecule has 92 valence electrons. The van der Waals surface area contributed by atoms with Crippen LogP contribution in [0.4, 0.5) is 0 Å². The Morgan fingerprint density at radius 2 is 1.82 bits per heavy atom. The number of hydrogen-bond donors (Lipinski definition) is 3. The third-order valence-electron chi connectivity index (χ3n) is 2.31. The quantitative estimate of drug-likeness (QED) is 0.309. The van der Waals surface area contributed by atoms with Crippen molar-refractivity contribution in [3.63, 3.8) is 0 Å². The molecule has 1 rings (SSSR count). The van der Waals surface area contributed by atoms with Gasteiger partial charge in [0.05, 0.1) is 6.21 Å². The highest BCUT2D eigenvalue weighted by Gasteiger charge is 2.12. The normalized spacial score (nSPS) is 13.0. The molecule has 17 heavy (non-hydrogen) atoms. The van der Waals surface area contributed by atoms with E-state index in [0.29, 0.717) is 0 Å². The second-order valence-corrected chi connectivity index (χ2v) is 4.76. The smallest absolute Gasteiger partial charge is 0.231 e. The third kappa shape index (κ3) is 4.14. The molecule has 0 aliphatic heterocycles. The number of hydrogen-bond acceptors (Lipinski definition) is 3. The molecule has 0 saturated carbocycles. The number of guanidine groups is 1. The van der Waals surface area contributed by atoms with Crippen molar-refractivity contribution in [2.45, 2.75) is 26.2 Å². The fraction of sp³-hybridized carbons (Fsp3) is 0.333. The molecule has 0 atom stereocenters. The zero-order valence-corrected chi connectivity index (χ0v) is 10.4. The van der Waals surface area contributed by atoms with Crippen LogP contribution < -0.4 is 17.0 Å². The van der Waals surface area contributed by atoms with Crippen LogP contribution in [0.2, 0.25) is 0 Å². The summed E-state index contributed by atoms with van der Waals surface area (Å²) in [5, 5.41) is 7.13. The molecule has 0 spiro atoms. The van der Waals surface area contributed by atoms with Crippen molar-refractivity contribution >= 4 is 12.2 Å². The molecule has 0 radical (unpaired) electrons. The van der Waals surface area contributed by atoms with Gasteiger partial charge in [-0.15, -0.1) is 5.10 Å². The van der Waals surface area contributed by atoms with E-state index in [1.54, 1.807) is 6.21 Å². The standard InChI is InChI=1S/C12H19N5/c1-12(2,3)10-6-4-9(5-7-10)8-15-17-11(13)16-14/h4-8H,14H2,1-3H3,(H3,13,16,17)/b15-8+. The Bertz CT molecular complexity index is 412. The van der Waals surface area contributed by atoms with Crippen LogP contribution in [0.25, 0.3) is 0 Å². The number of rotatable bonds is 2. The lowest BCUT2D eigenvalue weighted by atomic mass is 9.87. The van der Waals surface area contributed by atoms with Crippen LogP contribution in [-0.2, 0) is 5.41 Å². The lowest BCUT2D eigenvalue weighted by molar-refractivity contribution is 0.590. The monoisotopic (exact) mass is 233 g/mol. The van der Waals surface area contributed by atoms with Crippen LogP contribution in [0.5, 0.6) is 0 Å². The van der Waals surface area contributed by atoms with Gasteiger partial charge in [-0.3, -0.25) is 0 Å². The van der Waals surface area contributed by atoms with Gasteiger partial charge in [0.2, 0.25) is 5.96 Å². The van der Waals surface area contributed by atoms with Gasteiger partial charge in [-0.25, -0.2) is 5.43 Å². The van der Waals surface area contributed by atoms with Gasteiger partial charge in [-0.1, -0.05) is 45.0 Å². The summed E-state index contributed by atoms with van der Waals surface area (Å²) in [6.07, 6.45) is 1.66. The molecule has 5 N–H and O–H groups in total. The van der Waals surface area contributed by atoms with Crippen molar-refractivity contribution in [2.24, 2.45) is 21.8 Å². The van der Waals surface area contributed by atoms with Crippen molar-refractivity contribution in [3.8, 4) is 0 Å². The van der Waals surface area contributed by atoms with Crippen LogP contribution in [-0.4, -0.2) is 12.2 Å². The number of benzene rings is 1. The van der Waals surface area contributed by atoms with Crippen molar-refractivity contribution in [2.75, 3.05) is 0 Å². The summed E-state index contributed by atoms with van der Waals surface area (Å²) in [6, 6.07) is 8.17. The van der Waals surface area contributed by atoms with Crippen LogP contribution in [0.1, 0.15) is 31.9 Å². The van der Waals surface area contributed by atoms with E-state index < -0.39 is 0 Å². The number of nitrogens with two attached hydrogens (primary N) is 2. The molecular weight excluding hydrogens is 214 g/mol. The zero-order valence-electron chi connectivity index (χ0n) is 10.4. The first-order valence-electron chi connectivity index (χ1n) is 5.36. The second-order valence-electron chi connectivity index (χ2n) is 4.76. The molecule has 0 fully saturated rings. The van der Waals surface area contributed by atoms with Gasteiger partial charge in [-0.05, 0) is 16.5 Å². The summed E-state index contributed by atoms with van der Waals surface area (Å²) in [5.41, 5.74) is 10.2. The lowest BCUT2D eigenvalue weighted by Crippen LogP contribution is -2.28. The van der Waals surface area contributed by atoms with E-state index >= 15 is 0 Å². The Morgan fingerprint density at radius 1 is 1.24 bits per heavy atom. The Kier molecular flexibility index (Phi) is 4.09. The molecule has 5 heteroatoms. The highest BCUT2D eigenvalue weighted by molar-refractivity contribution is 5.82. The van der Waals surface area contributed by atoms with Crippen LogP contribution in [0, 0.1) is 0 Å². The van der Waals surface area contributed by atoms with Gasteiger partial charge >= 0.3 is 0 Å². The minimum absolute atomic E-state index is 0.0764. The molecule has 0 aliphatic carbocycles.